The Balaban J connectivity index is 1.27. The molecule has 1 atom stereocenters. The number of piperazine rings is 1. The third-order valence-corrected chi connectivity index (χ3v) is 5.97. The van der Waals surface area contributed by atoms with E-state index < -0.39 is 0 Å². The molecule has 1 amide bonds. The lowest BCUT2D eigenvalue weighted by Gasteiger charge is -2.37. The van der Waals surface area contributed by atoms with Crippen LogP contribution in [-0.4, -0.2) is 55.2 Å². The normalized spacial score (nSPS) is 18.6. The number of ketones is 1. The molecule has 6 nitrogen and oxygen atoms in total. The highest BCUT2D eigenvalue weighted by Crippen LogP contribution is 2.25. The van der Waals surface area contributed by atoms with Crippen molar-refractivity contribution in [1.29, 1.82) is 0 Å². The molecule has 0 aromatic heterocycles. The van der Waals surface area contributed by atoms with Gasteiger partial charge in [0.25, 0.3) is 5.91 Å². The average molecular weight is 438 g/mol. The van der Waals surface area contributed by atoms with Crippen LogP contribution in [0.3, 0.4) is 0 Å². The molecule has 0 aliphatic carbocycles. The summed E-state index contributed by atoms with van der Waals surface area (Å²) in [6.45, 7) is 5.20. The highest BCUT2D eigenvalue weighted by molar-refractivity contribution is 6.04. The lowest BCUT2D eigenvalue weighted by atomic mass is 9.96. The molecule has 0 N–H and O–H groups in total. The van der Waals surface area contributed by atoms with E-state index >= 15 is 0 Å². The number of aliphatic imine (C=N–C) groups is 1. The van der Waals surface area contributed by atoms with Gasteiger partial charge in [-0.3, -0.25) is 9.59 Å². The number of amides is 1. The molecule has 0 saturated carbocycles. The summed E-state index contributed by atoms with van der Waals surface area (Å²) < 4.78 is 19.5. The fourth-order valence-electron chi connectivity index (χ4n) is 4.29. The number of carbonyl (C=O) groups excluding carboxylic acids is 2. The Morgan fingerprint density at radius 1 is 1.06 bits per heavy atom. The lowest BCUT2D eigenvalue weighted by molar-refractivity contribution is -0.126. The summed E-state index contributed by atoms with van der Waals surface area (Å²) in [5, 5.41) is 0. The zero-order valence-corrected chi connectivity index (χ0v) is 18.3. The third-order valence-electron chi connectivity index (χ3n) is 5.97. The van der Waals surface area contributed by atoms with E-state index in [1.807, 2.05) is 42.2 Å². The van der Waals surface area contributed by atoms with Crippen LogP contribution in [0.5, 0.6) is 5.75 Å². The first-order valence-corrected chi connectivity index (χ1v) is 11.1. The molecule has 1 fully saturated rings. The molecular formula is C25H28FN3O3. The second kappa shape index (κ2) is 9.94. The van der Waals surface area contributed by atoms with Gasteiger partial charge in [-0.1, -0.05) is 24.3 Å². The van der Waals surface area contributed by atoms with Crippen LogP contribution in [0.4, 0.5) is 10.1 Å². The van der Waals surface area contributed by atoms with Crippen molar-refractivity contribution in [2.45, 2.75) is 26.2 Å². The largest absolute Gasteiger partial charge is 0.494 e. The van der Waals surface area contributed by atoms with E-state index in [9.17, 15) is 14.0 Å². The van der Waals surface area contributed by atoms with Crippen molar-refractivity contribution < 1.29 is 18.7 Å². The number of nitrogens with zero attached hydrogens (tertiary/aromatic N) is 3. The molecule has 7 heteroatoms. The molecule has 168 valence electrons. The van der Waals surface area contributed by atoms with Crippen LogP contribution in [0.2, 0.25) is 0 Å². The van der Waals surface area contributed by atoms with E-state index in [2.05, 4.69) is 9.89 Å². The Hall–Kier alpha value is -3.22. The zero-order chi connectivity index (χ0) is 22.5. The summed E-state index contributed by atoms with van der Waals surface area (Å²) in [4.78, 5) is 33.3. The van der Waals surface area contributed by atoms with Gasteiger partial charge < -0.3 is 14.5 Å². The molecule has 0 spiro atoms. The quantitative estimate of drug-likeness (QED) is 0.664. The monoisotopic (exact) mass is 437 g/mol. The molecular weight excluding hydrogens is 409 g/mol. The van der Waals surface area contributed by atoms with Crippen LogP contribution in [0.25, 0.3) is 0 Å². The van der Waals surface area contributed by atoms with Crippen molar-refractivity contribution in [3.05, 3.63) is 59.9 Å². The van der Waals surface area contributed by atoms with Crippen molar-refractivity contribution >= 4 is 23.2 Å². The van der Waals surface area contributed by atoms with Crippen LogP contribution in [-0.2, 0) is 16.0 Å². The second-order valence-corrected chi connectivity index (χ2v) is 8.19. The third kappa shape index (κ3) is 5.15. The Labute approximate surface area is 187 Å². The van der Waals surface area contributed by atoms with Crippen LogP contribution in [0, 0.1) is 11.7 Å². The van der Waals surface area contributed by atoms with Gasteiger partial charge in [-0.05, 0) is 36.8 Å². The molecule has 4 rings (SSSR count). The van der Waals surface area contributed by atoms with Gasteiger partial charge >= 0.3 is 0 Å². The SMILES string of the molecule is CCOc1ccc(CC(=O)CC2CC(N3CCN(c4ccccc4F)CC3)=NC2=O)cc1. The summed E-state index contributed by atoms with van der Waals surface area (Å²) in [5.41, 5.74) is 1.52. The van der Waals surface area contributed by atoms with E-state index in [1.54, 1.807) is 12.1 Å². The summed E-state index contributed by atoms with van der Waals surface area (Å²) >= 11 is 0. The number of Topliss-reactive ketones (excluding diaryl/α,β-unsaturated/α-hetero) is 1. The number of para-hydroxylation sites is 1. The molecule has 0 bridgehead atoms. The number of carbonyl (C=O) groups is 2. The van der Waals surface area contributed by atoms with E-state index in [0.29, 0.717) is 51.3 Å². The number of hydrogen-bond donors (Lipinski definition) is 0. The predicted octanol–water partition coefficient (Wildman–Crippen LogP) is 3.49. The maximum atomic E-state index is 14.0. The van der Waals surface area contributed by atoms with E-state index in [0.717, 1.165) is 17.1 Å². The van der Waals surface area contributed by atoms with Crippen LogP contribution >= 0.6 is 0 Å². The first-order valence-electron chi connectivity index (χ1n) is 11.1. The van der Waals surface area contributed by atoms with E-state index in [-0.39, 0.29) is 29.8 Å². The molecule has 2 aromatic rings. The summed E-state index contributed by atoms with van der Waals surface area (Å²) in [7, 11) is 0. The molecule has 2 aliphatic heterocycles. The molecule has 1 saturated heterocycles. The van der Waals surface area contributed by atoms with Gasteiger partial charge in [0, 0.05) is 45.4 Å². The number of rotatable bonds is 7. The van der Waals surface area contributed by atoms with Gasteiger partial charge in [0.05, 0.1) is 18.2 Å². The number of hydrogen-bond acceptors (Lipinski definition) is 5. The summed E-state index contributed by atoms with van der Waals surface area (Å²) in [6, 6.07) is 14.3. The number of halogens is 1. The van der Waals surface area contributed by atoms with Crippen molar-refractivity contribution in [2.75, 3.05) is 37.7 Å². The topological polar surface area (TPSA) is 62.2 Å². The molecule has 1 unspecified atom stereocenters. The Morgan fingerprint density at radius 3 is 2.44 bits per heavy atom. The predicted molar refractivity (Wildman–Crippen MR) is 122 cm³/mol. The van der Waals surface area contributed by atoms with Crippen molar-refractivity contribution in [1.82, 2.24) is 4.90 Å². The highest BCUT2D eigenvalue weighted by atomic mass is 19.1. The molecule has 2 aromatic carbocycles. The smallest absolute Gasteiger partial charge is 0.251 e. The molecule has 2 aliphatic rings. The van der Waals surface area contributed by atoms with Crippen molar-refractivity contribution in [3.8, 4) is 5.75 Å². The maximum Gasteiger partial charge on any atom is 0.251 e. The number of anilines is 1. The second-order valence-electron chi connectivity index (χ2n) is 8.19. The minimum absolute atomic E-state index is 0.0355. The van der Waals surface area contributed by atoms with E-state index in [4.69, 9.17) is 4.74 Å². The van der Waals surface area contributed by atoms with Gasteiger partial charge in [-0.25, -0.2) is 9.38 Å². The molecule has 32 heavy (non-hydrogen) atoms. The van der Waals surface area contributed by atoms with Gasteiger partial charge in [-0.2, -0.15) is 0 Å². The summed E-state index contributed by atoms with van der Waals surface area (Å²) in [5.74, 6) is 0.750. The fourth-order valence-corrected chi connectivity index (χ4v) is 4.29. The van der Waals surface area contributed by atoms with E-state index in [1.165, 1.54) is 6.07 Å². The van der Waals surface area contributed by atoms with Gasteiger partial charge in [0.1, 0.15) is 23.2 Å². The zero-order valence-electron chi connectivity index (χ0n) is 18.3. The number of ether oxygens (including phenoxy) is 1. The van der Waals surface area contributed by atoms with Gasteiger partial charge in [0.15, 0.2) is 0 Å². The molecule has 2 heterocycles. The lowest BCUT2D eigenvalue weighted by Crippen LogP contribution is -2.48. The van der Waals surface area contributed by atoms with Crippen LogP contribution in [0.15, 0.2) is 53.5 Å². The number of amidine groups is 1. The first-order chi connectivity index (χ1) is 15.5. The maximum absolute atomic E-state index is 14.0. The van der Waals surface area contributed by atoms with Crippen LogP contribution < -0.4 is 9.64 Å². The fraction of sp³-hybridized carbons (Fsp3) is 0.400. The average Bonchev–Trinajstić information content (AvgIpc) is 3.16. The first kappa shape index (κ1) is 22.0. The Bertz CT molecular complexity index is 998. The highest BCUT2D eigenvalue weighted by Gasteiger charge is 2.33. The van der Waals surface area contributed by atoms with Gasteiger partial charge in [0.2, 0.25) is 0 Å². The standard InChI is InChI=1S/C25H28FN3O3/c1-2-32-21-9-7-18(8-10-21)15-20(30)16-19-17-24(27-25(19)31)29-13-11-28(12-14-29)23-6-4-3-5-22(23)26/h3-10,19H,2,11-17H2,1H3. The van der Waals surface area contributed by atoms with Crippen molar-refractivity contribution in [3.63, 3.8) is 0 Å². The Morgan fingerprint density at radius 2 is 1.75 bits per heavy atom. The Kier molecular flexibility index (Phi) is 6.83. The minimum atomic E-state index is -0.384. The van der Waals surface area contributed by atoms with Gasteiger partial charge in [-0.15, -0.1) is 0 Å². The summed E-state index contributed by atoms with van der Waals surface area (Å²) in [6.07, 6.45) is 0.995. The molecule has 0 radical (unpaired) electrons. The number of benzene rings is 2. The van der Waals surface area contributed by atoms with Crippen LogP contribution in [0.1, 0.15) is 25.3 Å². The minimum Gasteiger partial charge on any atom is -0.494 e. The van der Waals surface area contributed by atoms with Crippen molar-refractivity contribution in [2.24, 2.45) is 10.9 Å².